The van der Waals surface area contributed by atoms with E-state index in [2.05, 4.69) is 10.4 Å². The highest BCUT2D eigenvalue weighted by atomic mass is 32.2. The van der Waals surface area contributed by atoms with Crippen LogP contribution >= 0.6 is 11.8 Å². The van der Waals surface area contributed by atoms with E-state index in [9.17, 15) is 14.0 Å². The molecule has 0 bridgehead atoms. The molecule has 1 aromatic heterocycles. The third-order valence-corrected chi connectivity index (χ3v) is 3.90. The van der Waals surface area contributed by atoms with Crippen molar-refractivity contribution in [2.45, 2.75) is 6.92 Å². The first-order chi connectivity index (χ1) is 11.0. The van der Waals surface area contributed by atoms with E-state index >= 15 is 0 Å². The number of hydrogen-bond acceptors (Lipinski definition) is 4. The largest absolute Gasteiger partial charge is 0.481 e. The van der Waals surface area contributed by atoms with Gasteiger partial charge in [-0.1, -0.05) is 0 Å². The quantitative estimate of drug-likeness (QED) is 0.754. The fourth-order valence-corrected chi connectivity index (χ4v) is 2.46. The molecule has 2 aromatic rings. The van der Waals surface area contributed by atoms with E-state index in [1.807, 2.05) is 0 Å². The van der Waals surface area contributed by atoms with Gasteiger partial charge in [0.05, 0.1) is 11.4 Å². The van der Waals surface area contributed by atoms with Gasteiger partial charge in [-0.3, -0.25) is 9.59 Å². The monoisotopic (exact) mass is 337 g/mol. The molecule has 122 valence electrons. The summed E-state index contributed by atoms with van der Waals surface area (Å²) < 4.78 is 14.5. The number of benzene rings is 1. The summed E-state index contributed by atoms with van der Waals surface area (Å²) in [4.78, 5) is 22.5. The molecule has 2 rings (SSSR count). The molecule has 6 nitrogen and oxygen atoms in total. The minimum Gasteiger partial charge on any atom is -0.481 e. The first kappa shape index (κ1) is 17.0. The number of nitrogens with zero attached hydrogens (tertiary/aromatic N) is 2. The van der Waals surface area contributed by atoms with Crippen LogP contribution in [0.25, 0.3) is 5.69 Å². The van der Waals surface area contributed by atoms with Crippen molar-refractivity contribution in [2.24, 2.45) is 0 Å². The highest BCUT2D eigenvalue weighted by Crippen LogP contribution is 2.12. The van der Waals surface area contributed by atoms with Gasteiger partial charge in [-0.15, -0.1) is 11.8 Å². The summed E-state index contributed by atoms with van der Waals surface area (Å²) >= 11 is 1.23. The van der Waals surface area contributed by atoms with Crippen LogP contribution in [0.3, 0.4) is 0 Å². The molecular formula is C15H16FN3O3S. The molecule has 0 aliphatic heterocycles. The average Bonchev–Trinajstić information content (AvgIpc) is 2.89. The van der Waals surface area contributed by atoms with Gasteiger partial charge in [0.1, 0.15) is 5.82 Å². The molecule has 0 fully saturated rings. The predicted octanol–water partition coefficient (Wildman–Crippen LogP) is 1.87. The number of carboxylic acid groups (broad SMARTS) is 1. The first-order valence-electron chi connectivity index (χ1n) is 6.87. The van der Waals surface area contributed by atoms with Gasteiger partial charge >= 0.3 is 5.97 Å². The fourth-order valence-electron chi connectivity index (χ4n) is 1.89. The molecule has 0 radical (unpaired) electrons. The molecule has 1 heterocycles. The second kappa shape index (κ2) is 7.77. The molecule has 0 saturated heterocycles. The van der Waals surface area contributed by atoms with Gasteiger partial charge in [-0.05, 0) is 31.2 Å². The number of carbonyl (C=O) groups excluding carboxylic acids is 1. The maximum Gasteiger partial charge on any atom is 0.313 e. The minimum atomic E-state index is -0.879. The lowest BCUT2D eigenvalue weighted by molar-refractivity contribution is -0.133. The van der Waals surface area contributed by atoms with Crippen molar-refractivity contribution in [1.29, 1.82) is 0 Å². The van der Waals surface area contributed by atoms with E-state index in [4.69, 9.17) is 5.11 Å². The van der Waals surface area contributed by atoms with Crippen LogP contribution in [0.5, 0.6) is 0 Å². The van der Waals surface area contributed by atoms with Crippen molar-refractivity contribution in [2.75, 3.05) is 18.1 Å². The van der Waals surface area contributed by atoms with Crippen LogP contribution in [0.15, 0.2) is 30.5 Å². The van der Waals surface area contributed by atoms with Crippen LogP contribution in [0, 0.1) is 12.7 Å². The summed E-state index contributed by atoms with van der Waals surface area (Å²) in [5.41, 5.74) is 1.65. The topological polar surface area (TPSA) is 84.2 Å². The number of aliphatic carboxylic acids is 1. The number of carboxylic acids is 1. The summed E-state index contributed by atoms with van der Waals surface area (Å²) in [6, 6.07) is 5.80. The number of carbonyl (C=O) groups is 2. The summed E-state index contributed by atoms with van der Waals surface area (Å²) in [7, 11) is 0. The van der Waals surface area contributed by atoms with E-state index in [0.29, 0.717) is 23.5 Å². The second-order valence-electron chi connectivity index (χ2n) is 4.78. The number of aromatic nitrogens is 2. The Morgan fingerprint density at radius 3 is 2.70 bits per heavy atom. The zero-order chi connectivity index (χ0) is 16.8. The van der Waals surface area contributed by atoms with Crippen molar-refractivity contribution in [3.8, 4) is 5.69 Å². The number of nitrogens with one attached hydrogen (secondary N) is 1. The summed E-state index contributed by atoms with van der Waals surface area (Å²) in [5.74, 6) is -1.02. The Kier molecular flexibility index (Phi) is 5.75. The number of halogens is 1. The average molecular weight is 337 g/mol. The van der Waals surface area contributed by atoms with E-state index < -0.39 is 5.97 Å². The zero-order valence-electron chi connectivity index (χ0n) is 12.5. The number of aryl methyl sites for hydroxylation is 1. The Hall–Kier alpha value is -2.35. The van der Waals surface area contributed by atoms with Crippen molar-refractivity contribution >= 4 is 23.6 Å². The number of thioether (sulfide) groups is 1. The SMILES string of the molecule is Cc1cn(-c2ccc(F)cc2)nc1C(=O)NCCSCC(=O)O. The van der Waals surface area contributed by atoms with E-state index in [1.165, 1.54) is 28.6 Å². The Morgan fingerprint density at radius 2 is 2.04 bits per heavy atom. The minimum absolute atomic E-state index is 0.00803. The Labute approximate surface area is 136 Å². The second-order valence-corrected chi connectivity index (χ2v) is 5.89. The lowest BCUT2D eigenvalue weighted by Gasteiger charge is -2.03. The molecule has 8 heteroatoms. The van der Waals surface area contributed by atoms with Gasteiger partial charge in [0.2, 0.25) is 0 Å². The van der Waals surface area contributed by atoms with E-state index in [1.54, 1.807) is 25.3 Å². The lowest BCUT2D eigenvalue weighted by Crippen LogP contribution is -2.27. The normalized spacial score (nSPS) is 10.5. The maximum atomic E-state index is 12.9. The zero-order valence-corrected chi connectivity index (χ0v) is 13.3. The van der Waals surface area contributed by atoms with Crippen LogP contribution in [-0.4, -0.2) is 44.8 Å². The molecule has 0 saturated carbocycles. The van der Waals surface area contributed by atoms with Crippen LogP contribution < -0.4 is 5.32 Å². The molecule has 2 N–H and O–H groups in total. The molecular weight excluding hydrogens is 321 g/mol. The smallest absolute Gasteiger partial charge is 0.313 e. The van der Waals surface area contributed by atoms with Crippen molar-refractivity contribution in [3.63, 3.8) is 0 Å². The molecule has 1 amide bonds. The van der Waals surface area contributed by atoms with Gasteiger partial charge in [-0.25, -0.2) is 9.07 Å². The Bertz CT molecular complexity index is 700. The molecule has 0 spiro atoms. The molecule has 0 unspecified atom stereocenters. The highest BCUT2D eigenvalue weighted by molar-refractivity contribution is 7.99. The van der Waals surface area contributed by atoms with Gasteiger partial charge in [0, 0.05) is 24.1 Å². The highest BCUT2D eigenvalue weighted by Gasteiger charge is 2.14. The van der Waals surface area contributed by atoms with Gasteiger partial charge in [0.25, 0.3) is 5.91 Å². The predicted molar refractivity (Wildman–Crippen MR) is 85.6 cm³/mol. The lowest BCUT2D eigenvalue weighted by atomic mass is 10.2. The van der Waals surface area contributed by atoms with Crippen LogP contribution in [0.1, 0.15) is 16.1 Å². The van der Waals surface area contributed by atoms with Gasteiger partial charge in [0.15, 0.2) is 5.69 Å². The van der Waals surface area contributed by atoms with E-state index in [-0.39, 0.29) is 23.2 Å². The van der Waals surface area contributed by atoms with Gasteiger partial charge < -0.3 is 10.4 Å². The van der Waals surface area contributed by atoms with Crippen molar-refractivity contribution in [3.05, 3.63) is 47.5 Å². The van der Waals surface area contributed by atoms with Crippen LogP contribution in [0.2, 0.25) is 0 Å². The number of amides is 1. The fraction of sp³-hybridized carbons (Fsp3) is 0.267. The molecule has 1 aromatic carbocycles. The third kappa shape index (κ3) is 4.82. The summed E-state index contributed by atoms with van der Waals surface area (Å²) in [5, 5.41) is 15.4. The summed E-state index contributed by atoms with van der Waals surface area (Å²) in [6.07, 6.45) is 1.70. The Balaban J connectivity index is 1.96. The van der Waals surface area contributed by atoms with E-state index in [0.717, 1.165) is 0 Å². The maximum absolute atomic E-state index is 12.9. The number of rotatable bonds is 7. The van der Waals surface area contributed by atoms with Gasteiger partial charge in [-0.2, -0.15) is 5.10 Å². The summed E-state index contributed by atoms with van der Waals surface area (Å²) in [6.45, 7) is 2.13. The molecule has 0 aliphatic carbocycles. The van der Waals surface area contributed by atoms with Crippen molar-refractivity contribution < 1.29 is 19.1 Å². The molecule has 0 atom stereocenters. The third-order valence-electron chi connectivity index (χ3n) is 2.96. The molecule has 0 aliphatic rings. The standard InChI is InChI=1S/C15H16FN3O3S/c1-10-8-19(12-4-2-11(16)3-5-12)18-14(10)15(22)17-6-7-23-9-13(20)21/h2-5,8H,6-7,9H2,1H3,(H,17,22)(H,20,21). The first-order valence-corrected chi connectivity index (χ1v) is 8.03. The Morgan fingerprint density at radius 1 is 1.35 bits per heavy atom. The van der Waals surface area contributed by atoms with Crippen molar-refractivity contribution in [1.82, 2.24) is 15.1 Å². The molecule has 23 heavy (non-hydrogen) atoms. The van der Waals surface area contributed by atoms with Crippen LogP contribution in [-0.2, 0) is 4.79 Å². The number of hydrogen-bond donors (Lipinski definition) is 2. The van der Waals surface area contributed by atoms with Crippen LogP contribution in [0.4, 0.5) is 4.39 Å².